The number of hydrogen-bond donors (Lipinski definition) is 1. The van der Waals surface area contributed by atoms with Crippen LogP contribution in [0.15, 0.2) is 59.7 Å². The van der Waals surface area contributed by atoms with E-state index in [9.17, 15) is 13.2 Å². The number of nitrogens with zero attached hydrogens (tertiary/aromatic N) is 5. The number of nitrogen functional groups attached to an aromatic ring is 1. The Morgan fingerprint density at radius 1 is 1.07 bits per heavy atom. The summed E-state index contributed by atoms with van der Waals surface area (Å²) in [6.45, 7) is 0.302. The number of rotatable bonds is 5. The van der Waals surface area contributed by atoms with Crippen molar-refractivity contribution >= 4 is 5.82 Å². The zero-order chi connectivity index (χ0) is 19.4. The molecule has 0 atom stereocenters. The van der Waals surface area contributed by atoms with Crippen molar-refractivity contribution < 1.29 is 13.2 Å². The van der Waals surface area contributed by atoms with Crippen molar-refractivity contribution in [2.45, 2.75) is 12.6 Å². The number of azide groups is 1. The molecular weight excluding hydrogens is 357 g/mol. The molecule has 0 aliphatic rings. The monoisotopic (exact) mass is 372 g/mol. The number of benzene rings is 2. The number of nitrogens with two attached hydrogens (primary N) is 1. The Labute approximate surface area is 152 Å². The van der Waals surface area contributed by atoms with Crippen LogP contribution < -0.4 is 5.73 Å². The van der Waals surface area contributed by atoms with Gasteiger partial charge in [0.25, 0.3) is 0 Å². The molecule has 1 aromatic heterocycles. The molecule has 6 nitrogen and oxygen atoms in total. The molecule has 3 rings (SSSR count). The summed E-state index contributed by atoms with van der Waals surface area (Å²) in [4.78, 5) is 2.68. The minimum atomic E-state index is -4.64. The van der Waals surface area contributed by atoms with Gasteiger partial charge in [-0.15, -0.1) is 0 Å². The Balaban J connectivity index is 2.04. The Kier molecular flexibility index (Phi) is 5.05. The Bertz CT molecular complexity index is 971. The first-order valence-corrected chi connectivity index (χ1v) is 8.03. The second-order valence-corrected chi connectivity index (χ2v) is 5.76. The van der Waals surface area contributed by atoms with Crippen LogP contribution in [0.5, 0.6) is 0 Å². The minimum Gasteiger partial charge on any atom is -0.383 e. The lowest BCUT2D eigenvalue weighted by Gasteiger charge is -2.07. The van der Waals surface area contributed by atoms with E-state index in [0.29, 0.717) is 24.2 Å². The summed E-state index contributed by atoms with van der Waals surface area (Å²) in [6.07, 6.45) is -4.11. The molecule has 0 radical (unpaired) electrons. The highest BCUT2D eigenvalue weighted by Crippen LogP contribution is 2.40. The first-order valence-electron chi connectivity index (χ1n) is 8.03. The summed E-state index contributed by atoms with van der Waals surface area (Å²) in [6, 6.07) is 14.9. The summed E-state index contributed by atoms with van der Waals surface area (Å²) >= 11 is 0. The fourth-order valence-electron chi connectivity index (χ4n) is 2.74. The molecule has 0 unspecified atom stereocenters. The van der Waals surface area contributed by atoms with Crippen LogP contribution in [0.3, 0.4) is 0 Å². The normalized spacial score (nSPS) is 11.2. The lowest BCUT2D eigenvalue weighted by Crippen LogP contribution is -2.08. The molecule has 9 heteroatoms. The van der Waals surface area contributed by atoms with E-state index in [2.05, 4.69) is 15.1 Å². The molecule has 2 N–H and O–H groups in total. The standard InChI is InChI=1S/C18H15F3N6/c19-18(20,21)16-15(13-4-2-1-3-5-13)17(22)27(25-16)14-8-6-12(7-9-14)10-11-24-26-23/h1-9H,10-11,22H2. The maximum atomic E-state index is 13.5. The Morgan fingerprint density at radius 2 is 1.74 bits per heavy atom. The van der Waals surface area contributed by atoms with Gasteiger partial charge in [-0.25, -0.2) is 4.68 Å². The van der Waals surface area contributed by atoms with E-state index in [0.717, 1.165) is 10.2 Å². The van der Waals surface area contributed by atoms with Crippen LogP contribution in [0.4, 0.5) is 19.0 Å². The fourth-order valence-corrected chi connectivity index (χ4v) is 2.74. The van der Waals surface area contributed by atoms with Gasteiger partial charge in [-0.05, 0) is 35.2 Å². The van der Waals surface area contributed by atoms with Gasteiger partial charge >= 0.3 is 6.18 Å². The van der Waals surface area contributed by atoms with Crippen LogP contribution in [0.1, 0.15) is 11.3 Å². The van der Waals surface area contributed by atoms with Gasteiger partial charge in [-0.3, -0.25) is 0 Å². The molecule has 0 spiro atoms. The molecule has 0 aliphatic heterocycles. The first-order chi connectivity index (χ1) is 12.9. The third kappa shape index (κ3) is 3.88. The van der Waals surface area contributed by atoms with Crippen molar-refractivity contribution in [3.63, 3.8) is 0 Å². The van der Waals surface area contributed by atoms with Crippen molar-refractivity contribution in [1.82, 2.24) is 9.78 Å². The number of aromatic nitrogens is 2. The number of halogens is 3. The molecule has 0 fully saturated rings. The summed E-state index contributed by atoms with van der Waals surface area (Å²) in [5.41, 5.74) is 14.8. The van der Waals surface area contributed by atoms with Gasteiger partial charge in [0.05, 0.1) is 11.3 Å². The number of anilines is 1. The average molecular weight is 372 g/mol. The van der Waals surface area contributed by atoms with Crippen LogP contribution in [0, 0.1) is 0 Å². The van der Waals surface area contributed by atoms with Crippen LogP contribution >= 0.6 is 0 Å². The SMILES string of the molecule is [N-]=[N+]=NCCc1ccc(-n2nc(C(F)(F)F)c(-c3ccccc3)c2N)cc1. The minimum absolute atomic E-state index is 0.0876. The van der Waals surface area contributed by atoms with Crippen LogP contribution in [0.2, 0.25) is 0 Å². The van der Waals surface area contributed by atoms with E-state index in [4.69, 9.17) is 11.3 Å². The van der Waals surface area contributed by atoms with E-state index >= 15 is 0 Å². The van der Waals surface area contributed by atoms with Gasteiger partial charge in [0, 0.05) is 11.5 Å². The highest BCUT2D eigenvalue weighted by Gasteiger charge is 2.39. The molecule has 138 valence electrons. The van der Waals surface area contributed by atoms with Crippen molar-refractivity contribution in [3.05, 3.63) is 76.3 Å². The Hall–Kier alpha value is -3.45. The molecule has 0 saturated heterocycles. The third-order valence-electron chi connectivity index (χ3n) is 4.00. The fraction of sp³-hybridized carbons (Fsp3) is 0.167. The van der Waals surface area contributed by atoms with Crippen LogP contribution in [0.25, 0.3) is 27.3 Å². The highest BCUT2D eigenvalue weighted by atomic mass is 19.4. The van der Waals surface area contributed by atoms with E-state index in [-0.39, 0.29) is 11.4 Å². The lowest BCUT2D eigenvalue weighted by molar-refractivity contribution is -0.140. The molecule has 1 heterocycles. The second kappa shape index (κ2) is 7.43. The predicted octanol–water partition coefficient (Wildman–Crippen LogP) is 4.99. The number of alkyl halides is 3. The van der Waals surface area contributed by atoms with Crippen LogP contribution in [-0.2, 0) is 12.6 Å². The first kappa shape index (κ1) is 18.3. The van der Waals surface area contributed by atoms with E-state index in [1.165, 1.54) is 0 Å². The molecule has 0 saturated carbocycles. The molecule has 0 aliphatic carbocycles. The summed E-state index contributed by atoms with van der Waals surface area (Å²) in [5.74, 6) is -0.0876. The van der Waals surface area contributed by atoms with Crippen molar-refractivity contribution in [1.29, 1.82) is 0 Å². The molecular formula is C18H15F3N6. The van der Waals surface area contributed by atoms with Crippen molar-refractivity contribution in [2.24, 2.45) is 5.11 Å². The zero-order valence-corrected chi connectivity index (χ0v) is 14.1. The highest BCUT2D eigenvalue weighted by molar-refractivity contribution is 5.78. The molecule has 3 aromatic rings. The molecule has 2 aromatic carbocycles. The summed E-state index contributed by atoms with van der Waals surface area (Å²) < 4.78 is 41.6. The maximum Gasteiger partial charge on any atom is 0.435 e. The predicted molar refractivity (Wildman–Crippen MR) is 96.1 cm³/mol. The summed E-state index contributed by atoms with van der Waals surface area (Å²) in [5, 5.41) is 7.19. The van der Waals surface area contributed by atoms with E-state index in [1.54, 1.807) is 54.6 Å². The Morgan fingerprint density at radius 3 is 2.33 bits per heavy atom. The van der Waals surface area contributed by atoms with Gasteiger partial charge in [-0.2, -0.15) is 18.3 Å². The lowest BCUT2D eigenvalue weighted by atomic mass is 10.1. The van der Waals surface area contributed by atoms with Gasteiger partial charge in [0.15, 0.2) is 5.69 Å². The van der Waals surface area contributed by atoms with Crippen molar-refractivity contribution in [2.75, 3.05) is 12.3 Å². The maximum absolute atomic E-state index is 13.5. The second-order valence-electron chi connectivity index (χ2n) is 5.76. The molecule has 0 amide bonds. The third-order valence-corrected chi connectivity index (χ3v) is 4.00. The van der Waals surface area contributed by atoms with Crippen molar-refractivity contribution in [3.8, 4) is 16.8 Å². The summed E-state index contributed by atoms with van der Waals surface area (Å²) in [7, 11) is 0. The smallest absolute Gasteiger partial charge is 0.383 e. The van der Waals surface area contributed by atoms with E-state index < -0.39 is 11.9 Å². The van der Waals surface area contributed by atoms with Gasteiger partial charge < -0.3 is 5.73 Å². The largest absolute Gasteiger partial charge is 0.435 e. The molecule has 0 bridgehead atoms. The topological polar surface area (TPSA) is 92.6 Å². The van der Waals surface area contributed by atoms with Gasteiger partial charge in [0.1, 0.15) is 5.82 Å². The quantitative estimate of drug-likeness (QED) is 0.388. The van der Waals surface area contributed by atoms with Crippen LogP contribution in [-0.4, -0.2) is 16.3 Å². The van der Waals surface area contributed by atoms with E-state index in [1.807, 2.05) is 0 Å². The van der Waals surface area contributed by atoms with Gasteiger partial charge in [-0.1, -0.05) is 47.6 Å². The van der Waals surface area contributed by atoms with Gasteiger partial charge in [0.2, 0.25) is 0 Å². The number of hydrogen-bond acceptors (Lipinski definition) is 3. The average Bonchev–Trinajstić information content (AvgIpc) is 3.01. The molecule has 27 heavy (non-hydrogen) atoms. The zero-order valence-electron chi connectivity index (χ0n) is 14.1.